The number of halogens is 6. The van der Waals surface area contributed by atoms with Crippen LogP contribution in [0.5, 0.6) is 0 Å². The number of hydrogen-bond donors (Lipinski definition) is 1. The number of hydrogen-bond acceptors (Lipinski definition) is 1. The summed E-state index contributed by atoms with van der Waals surface area (Å²) in [4.78, 5) is 11.7. The van der Waals surface area contributed by atoms with Crippen LogP contribution in [0.3, 0.4) is 0 Å². The fourth-order valence-electron chi connectivity index (χ4n) is 1.78. The number of rotatable bonds is 2. The summed E-state index contributed by atoms with van der Waals surface area (Å²) in [6.07, 6.45) is -11.5. The Morgan fingerprint density at radius 3 is 1.59 bits per heavy atom. The minimum Gasteiger partial charge on any atom is -0.325 e. The van der Waals surface area contributed by atoms with Gasteiger partial charge in [-0.05, 0) is 56.5 Å². The topological polar surface area (TPSA) is 29.1 Å². The highest BCUT2D eigenvalue weighted by Crippen LogP contribution is 2.50. The van der Waals surface area contributed by atoms with Gasteiger partial charge in [0.1, 0.15) is 0 Å². The van der Waals surface area contributed by atoms with Gasteiger partial charge in [0, 0.05) is 5.69 Å². The van der Waals surface area contributed by atoms with Gasteiger partial charge in [-0.3, -0.25) is 4.79 Å². The first-order valence-corrected chi connectivity index (χ1v) is 6.24. The van der Waals surface area contributed by atoms with Crippen molar-refractivity contribution in [3.63, 3.8) is 0 Å². The third-order valence-electron chi connectivity index (χ3n) is 3.77. The summed E-state index contributed by atoms with van der Waals surface area (Å²) in [5, 5.41) is 1.73. The number of benzene rings is 1. The summed E-state index contributed by atoms with van der Waals surface area (Å²) in [6.45, 7) is 4.87. The predicted octanol–water partition coefficient (Wildman–Crippen LogP) is 4.68. The van der Waals surface area contributed by atoms with E-state index in [-0.39, 0.29) is 12.6 Å². The van der Waals surface area contributed by atoms with Crippen molar-refractivity contribution in [3.05, 3.63) is 28.8 Å². The first-order valence-electron chi connectivity index (χ1n) is 6.24. The molecule has 0 atom stereocenters. The fraction of sp³-hybridized carbons (Fsp3) is 0.500. The van der Waals surface area contributed by atoms with Gasteiger partial charge in [0.25, 0.3) is 0 Å². The molecule has 1 amide bonds. The van der Waals surface area contributed by atoms with Gasteiger partial charge in [-0.15, -0.1) is 0 Å². The predicted molar refractivity (Wildman–Crippen MR) is 69.5 cm³/mol. The second-order valence-electron chi connectivity index (χ2n) is 5.31. The summed E-state index contributed by atoms with van der Waals surface area (Å²) < 4.78 is 76.8. The van der Waals surface area contributed by atoms with Crippen molar-refractivity contribution in [1.29, 1.82) is 0 Å². The van der Waals surface area contributed by atoms with Crippen LogP contribution in [0.4, 0.5) is 32.0 Å². The second kappa shape index (κ2) is 5.48. The molecule has 1 N–H and O–H groups in total. The van der Waals surface area contributed by atoms with Crippen LogP contribution in [0.15, 0.2) is 12.1 Å². The van der Waals surface area contributed by atoms with E-state index in [2.05, 4.69) is 0 Å². The lowest BCUT2D eigenvalue weighted by molar-refractivity contribution is -0.317. The lowest BCUT2D eigenvalue weighted by atomic mass is 9.87. The first kappa shape index (κ1) is 18.3. The van der Waals surface area contributed by atoms with Crippen LogP contribution >= 0.6 is 0 Å². The van der Waals surface area contributed by atoms with E-state index in [0.29, 0.717) is 11.1 Å². The highest BCUT2D eigenvalue weighted by Gasteiger charge is 2.72. The molecule has 0 aliphatic carbocycles. The molecule has 0 heterocycles. The number of aryl methyl sites for hydroxylation is 2. The number of anilines is 1. The standard InChI is InChI=1S/C14H15F6NO/c1-7-5-10(6-8(2)9(7)3)21-11(22)12(4,13(15,16)17)14(18,19)20/h5-6H,1-4H3,(H,21,22). The van der Waals surface area contributed by atoms with E-state index >= 15 is 0 Å². The maximum atomic E-state index is 12.8. The zero-order chi connectivity index (χ0) is 17.5. The zero-order valence-electron chi connectivity index (χ0n) is 12.3. The number of alkyl halides is 6. The Balaban J connectivity index is 3.25. The summed E-state index contributed by atoms with van der Waals surface area (Å²) in [7, 11) is 0. The Kier molecular flexibility index (Phi) is 4.56. The average Bonchev–Trinajstić information content (AvgIpc) is 2.31. The van der Waals surface area contributed by atoms with Crippen molar-refractivity contribution in [1.82, 2.24) is 0 Å². The van der Waals surface area contributed by atoms with Gasteiger partial charge in [0.05, 0.1) is 0 Å². The van der Waals surface area contributed by atoms with Crippen LogP contribution in [0.2, 0.25) is 0 Å². The molecule has 8 heteroatoms. The number of carbonyl (C=O) groups is 1. The second-order valence-corrected chi connectivity index (χ2v) is 5.31. The highest BCUT2D eigenvalue weighted by atomic mass is 19.4. The molecule has 0 aromatic heterocycles. The van der Waals surface area contributed by atoms with Gasteiger partial charge in [0.2, 0.25) is 11.3 Å². The molecule has 0 saturated heterocycles. The summed E-state index contributed by atoms with van der Waals surface area (Å²) in [5.41, 5.74) is -2.45. The Morgan fingerprint density at radius 1 is 0.909 bits per heavy atom. The van der Waals surface area contributed by atoms with Crippen LogP contribution in [-0.2, 0) is 4.79 Å². The van der Waals surface area contributed by atoms with E-state index in [0.717, 1.165) is 5.56 Å². The molecule has 0 spiro atoms. The fourth-order valence-corrected chi connectivity index (χ4v) is 1.78. The zero-order valence-corrected chi connectivity index (χ0v) is 12.3. The van der Waals surface area contributed by atoms with Crippen molar-refractivity contribution < 1.29 is 31.1 Å². The highest BCUT2D eigenvalue weighted by molar-refractivity contribution is 5.96. The van der Waals surface area contributed by atoms with Gasteiger partial charge in [-0.1, -0.05) is 0 Å². The average molecular weight is 327 g/mol. The summed E-state index contributed by atoms with van der Waals surface area (Å²) in [5.74, 6) is -2.16. The lowest BCUT2D eigenvalue weighted by Crippen LogP contribution is -2.55. The van der Waals surface area contributed by atoms with Crippen molar-refractivity contribution in [3.8, 4) is 0 Å². The normalized spacial score (nSPS) is 13.2. The van der Waals surface area contributed by atoms with E-state index in [1.807, 2.05) is 0 Å². The molecule has 0 unspecified atom stereocenters. The molecule has 1 aromatic carbocycles. The van der Waals surface area contributed by atoms with E-state index in [9.17, 15) is 31.1 Å². The maximum absolute atomic E-state index is 12.8. The first-order chi connectivity index (χ1) is 9.71. The quantitative estimate of drug-likeness (QED) is 0.785. The van der Waals surface area contributed by atoms with Crippen molar-refractivity contribution in [2.45, 2.75) is 40.0 Å². The molecule has 22 heavy (non-hydrogen) atoms. The SMILES string of the molecule is Cc1cc(NC(=O)C(C)(C(F)(F)F)C(F)(F)F)cc(C)c1C. The molecule has 0 fully saturated rings. The number of carbonyl (C=O) groups excluding carboxylic acids is 1. The van der Waals surface area contributed by atoms with Crippen molar-refractivity contribution in [2.75, 3.05) is 5.32 Å². The van der Waals surface area contributed by atoms with Crippen LogP contribution in [0.1, 0.15) is 23.6 Å². The minimum atomic E-state index is -5.76. The van der Waals surface area contributed by atoms with Gasteiger partial charge in [-0.2, -0.15) is 26.3 Å². The van der Waals surface area contributed by atoms with Gasteiger partial charge >= 0.3 is 12.4 Å². The van der Waals surface area contributed by atoms with Crippen molar-refractivity contribution >= 4 is 11.6 Å². The molecular weight excluding hydrogens is 312 g/mol. The third kappa shape index (κ3) is 3.05. The molecule has 2 nitrogen and oxygen atoms in total. The van der Waals surface area contributed by atoms with Crippen LogP contribution in [-0.4, -0.2) is 18.3 Å². The number of nitrogens with one attached hydrogen (secondary N) is 1. The monoisotopic (exact) mass is 327 g/mol. The Bertz CT molecular complexity index is 551. The van der Waals surface area contributed by atoms with Gasteiger partial charge < -0.3 is 5.32 Å². The minimum absolute atomic E-state index is 0.106. The maximum Gasteiger partial charge on any atom is 0.411 e. The van der Waals surface area contributed by atoms with Gasteiger partial charge in [0.15, 0.2) is 0 Å². The van der Waals surface area contributed by atoms with E-state index in [1.54, 1.807) is 26.1 Å². The largest absolute Gasteiger partial charge is 0.411 e. The molecule has 0 bridgehead atoms. The molecule has 0 aliphatic rings. The van der Waals surface area contributed by atoms with Crippen LogP contribution in [0, 0.1) is 26.2 Å². The Morgan fingerprint density at radius 2 is 1.27 bits per heavy atom. The van der Waals surface area contributed by atoms with E-state index < -0.39 is 23.7 Å². The smallest absolute Gasteiger partial charge is 0.325 e. The molecule has 0 saturated carbocycles. The van der Waals surface area contributed by atoms with E-state index in [1.165, 1.54) is 12.1 Å². The number of amides is 1. The molecule has 124 valence electrons. The molecule has 1 rings (SSSR count). The van der Waals surface area contributed by atoms with Gasteiger partial charge in [-0.25, -0.2) is 0 Å². The summed E-state index contributed by atoms with van der Waals surface area (Å²) in [6, 6.07) is 2.65. The van der Waals surface area contributed by atoms with Crippen LogP contribution in [0.25, 0.3) is 0 Å². The Labute approximate surface area is 123 Å². The van der Waals surface area contributed by atoms with Crippen molar-refractivity contribution in [2.24, 2.45) is 5.41 Å². The molecule has 1 aromatic rings. The summed E-state index contributed by atoms with van der Waals surface area (Å²) >= 11 is 0. The lowest BCUT2D eigenvalue weighted by Gasteiger charge is -2.32. The third-order valence-corrected chi connectivity index (χ3v) is 3.77. The molecule has 0 radical (unpaired) electrons. The Hall–Kier alpha value is -1.73. The molecular formula is C14H15F6NO. The van der Waals surface area contributed by atoms with Crippen LogP contribution < -0.4 is 5.32 Å². The molecule has 0 aliphatic heterocycles. The van der Waals surface area contributed by atoms with E-state index in [4.69, 9.17) is 0 Å².